The van der Waals surface area contributed by atoms with Crippen LogP contribution >= 0.6 is 12.4 Å². The maximum Gasteiger partial charge on any atom is 0.316 e. The number of primary amides is 1. The van der Waals surface area contributed by atoms with Gasteiger partial charge in [0, 0.05) is 24.1 Å². The van der Waals surface area contributed by atoms with E-state index in [1.165, 1.54) is 0 Å². The monoisotopic (exact) mass is 364 g/mol. The molecule has 1 atom stereocenters. The Labute approximate surface area is 151 Å². The molecule has 9 heteroatoms. The van der Waals surface area contributed by atoms with Crippen molar-refractivity contribution in [3.8, 4) is 0 Å². The molecule has 1 saturated heterocycles. The number of hydrogen-bond donors (Lipinski definition) is 4. The van der Waals surface area contributed by atoms with Crippen LogP contribution in [0, 0.1) is 0 Å². The highest BCUT2D eigenvalue weighted by atomic mass is 35.5. The van der Waals surface area contributed by atoms with Crippen molar-refractivity contribution in [3.63, 3.8) is 0 Å². The number of nitrogens with zero attached hydrogens (tertiary/aromatic N) is 2. The summed E-state index contributed by atoms with van der Waals surface area (Å²) in [6, 6.07) is 8.09. The van der Waals surface area contributed by atoms with Crippen molar-refractivity contribution < 1.29 is 9.59 Å². The first-order valence-electron chi connectivity index (χ1n) is 7.85. The first kappa shape index (κ1) is 18.8. The van der Waals surface area contributed by atoms with Crippen molar-refractivity contribution in [2.75, 3.05) is 23.7 Å². The van der Waals surface area contributed by atoms with E-state index in [4.69, 9.17) is 5.73 Å². The highest BCUT2D eigenvalue weighted by Gasteiger charge is 2.17. The van der Waals surface area contributed by atoms with Crippen LogP contribution in [0.1, 0.15) is 29.4 Å². The van der Waals surface area contributed by atoms with Crippen LogP contribution in [0.15, 0.2) is 36.5 Å². The van der Waals surface area contributed by atoms with Gasteiger partial charge in [-0.1, -0.05) is 6.07 Å². The molecule has 1 unspecified atom stereocenters. The first-order chi connectivity index (χ1) is 11.6. The van der Waals surface area contributed by atoms with Gasteiger partial charge in [0.15, 0.2) is 5.69 Å². The quantitative estimate of drug-likeness (QED) is 0.664. The zero-order valence-electron chi connectivity index (χ0n) is 13.6. The zero-order valence-corrected chi connectivity index (χ0v) is 14.4. The minimum absolute atomic E-state index is 0. The lowest BCUT2D eigenvalue weighted by Gasteiger charge is -2.22. The fourth-order valence-corrected chi connectivity index (χ4v) is 2.73. The van der Waals surface area contributed by atoms with Crippen LogP contribution in [0.2, 0.25) is 0 Å². The molecule has 3 rings (SSSR count). The summed E-state index contributed by atoms with van der Waals surface area (Å²) in [6.45, 7) is 1.89. The average Bonchev–Trinajstić information content (AvgIpc) is 3.05. The average molecular weight is 365 g/mol. The van der Waals surface area contributed by atoms with Gasteiger partial charge in [0.2, 0.25) is 0 Å². The van der Waals surface area contributed by atoms with Crippen LogP contribution in [-0.4, -0.2) is 34.8 Å². The van der Waals surface area contributed by atoms with Gasteiger partial charge < -0.3 is 21.7 Å². The van der Waals surface area contributed by atoms with E-state index in [-0.39, 0.29) is 24.4 Å². The van der Waals surface area contributed by atoms with Crippen molar-refractivity contribution in [2.24, 2.45) is 5.73 Å². The van der Waals surface area contributed by atoms with E-state index in [9.17, 15) is 9.59 Å². The first-order valence-corrected chi connectivity index (χ1v) is 7.85. The van der Waals surface area contributed by atoms with Crippen LogP contribution in [0.25, 0.3) is 0 Å². The molecule has 5 N–H and O–H groups in total. The molecule has 2 aromatic rings. The summed E-state index contributed by atoms with van der Waals surface area (Å²) in [4.78, 5) is 23.2. The molecule has 1 aromatic heterocycles. The third kappa shape index (κ3) is 4.94. The number of amides is 3. The van der Waals surface area contributed by atoms with Crippen molar-refractivity contribution in [2.45, 2.75) is 18.9 Å². The van der Waals surface area contributed by atoms with Crippen molar-refractivity contribution in [1.82, 2.24) is 15.1 Å². The molecule has 0 saturated carbocycles. The van der Waals surface area contributed by atoms with E-state index in [0.29, 0.717) is 17.1 Å². The highest BCUT2D eigenvalue weighted by Crippen LogP contribution is 2.18. The number of benzene rings is 1. The van der Waals surface area contributed by atoms with E-state index >= 15 is 0 Å². The lowest BCUT2D eigenvalue weighted by Crippen LogP contribution is -2.32. The van der Waals surface area contributed by atoms with E-state index in [1.807, 2.05) is 10.9 Å². The second-order valence-corrected chi connectivity index (χ2v) is 5.71. The van der Waals surface area contributed by atoms with E-state index in [1.54, 1.807) is 30.3 Å². The summed E-state index contributed by atoms with van der Waals surface area (Å²) in [5, 5.41) is 12.9. The van der Waals surface area contributed by atoms with Gasteiger partial charge in [-0.25, -0.2) is 4.79 Å². The third-order valence-corrected chi connectivity index (χ3v) is 3.87. The van der Waals surface area contributed by atoms with Gasteiger partial charge in [-0.3, -0.25) is 9.48 Å². The molecule has 8 nitrogen and oxygen atoms in total. The number of anilines is 2. The largest absolute Gasteiger partial charge is 0.351 e. The Morgan fingerprint density at radius 2 is 2.00 bits per heavy atom. The number of nitrogens with one attached hydrogen (secondary N) is 3. The summed E-state index contributed by atoms with van der Waals surface area (Å²) in [5.41, 5.74) is 6.51. The molecular formula is C16H21ClN6O2. The van der Waals surface area contributed by atoms with E-state index in [0.717, 1.165) is 25.9 Å². The number of rotatable bonds is 4. The number of hydrogen-bond acceptors (Lipinski definition) is 4. The van der Waals surface area contributed by atoms with Gasteiger partial charge in [-0.05, 0) is 43.7 Å². The summed E-state index contributed by atoms with van der Waals surface area (Å²) in [6.07, 6.45) is 3.99. The van der Waals surface area contributed by atoms with Crippen LogP contribution in [0.5, 0.6) is 0 Å². The van der Waals surface area contributed by atoms with Gasteiger partial charge >= 0.3 is 6.03 Å². The van der Waals surface area contributed by atoms with Gasteiger partial charge in [-0.2, -0.15) is 5.10 Å². The maximum atomic E-state index is 12.3. The van der Waals surface area contributed by atoms with Gasteiger partial charge in [-0.15, -0.1) is 12.4 Å². The van der Waals surface area contributed by atoms with Crippen molar-refractivity contribution in [3.05, 3.63) is 42.2 Å². The molecule has 0 bridgehead atoms. The normalized spacial score (nSPS) is 16.6. The topological polar surface area (TPSA) is 114 Å². The van der Waals surface area contributed by atoms with Gasteiger partial charge in [0.1, 0.15) is 0 Å². The Hall–Kier alpha value is -2.58. The van der Waals surface area contributed by atoms with E-state index < -0.39 is 6.03 Å². The maximum absolute atomic E-state index is 12.3. The molecule has 1 aromatic carbocycles. The molecule has 1 aliphatic rings. The Kier molecular flexibility index (Phi) is 6.37. The number of nitrogens with two attached hydrogens (primary N) is 1. The van der Waals surface area contributed by atoms with Crippen LogP contribution in [0.4, 0.5) is 16.2 Å². The number of carbonyl (C=O) groups excluding carboxylic acids is 2. The lowest BCUT2D eigenvalue weighted by molar-refractivity contribution is 0.102. The molecular weight excluding hydrogens is 344 g/mol. The molecule has 134 valence electrons. The number of halogens is 1. The number of piperidine rings is 1. The Morgan fingerprint density at radius 1 is 1.24 bits per heavy atom. The Bertz CT molecular complexity index is 742. The number of carbonyl (C=O) groups is 2. The molecule has 25 heavy (non-hydrogen) atoms. The number of urea groups is 1. The number of aromatic nitrogens is 2. The van der Waals surface area contributed by atoms with Crippen LogP contribution < -0.4 is 21.7 Å². The zero-order chi connectivity index (χ0) is 16.9. The van der Waals surface area contributed by atoms with Crippen molar-refractivity contribution >= 4 is 35.7 Å². The van der Waals surface area contributed by atoms with Gasteiger partial charge in [0.05, 0.1) is 6.04 Å². The fourth-order valence-electron chi connectivity index (χ4n) is 2.73. The summed E-state index contributed by atoms with van der Waals surface area (Å²) in [7, 11) is 0. The second kappa shape index (κ2) is 8.50. The lowest BCUT2D eigenvalue weighted by atomic mass is 10.1. The van der Waals surface area contributed by atoms with Crippen molar-refractivity contribution in [1.29, 1.82) is 0 Å². The molecule has 0 radical (unpaired) electrons. The summed E-state index contributed by atoms with van der Waals surface area (Å²) in [5.74, 6) is -0.297. The highest BCUT2D eigenvalue weighted by molar-refractivity contribution is 6.03. The molecule has 0 spiro atoms. The SMILES string of the molecule is Cl.NC(=O)Nc1cccc(NC(=O)c2ccn(C3CCCNC3)n2)c1. The molecule has 1 fully saturated rings. The summed E-state index contributed by atoms with van der Waals surface area (Å²) < 4.78 is 1.84. The fraction of sp³-hybridized carbons (Fsp3) is 0.312. The van der Waals surface area contributed by atoms with E-state index in [2.05, 4.69) is 21.0 Å². The standard InChI is InChI=1S/C16H20N6O2.ClH/c17-16(24)20-12-4-1-3-11(9-12)19-15(23)14-6-8-22(21-14)13-5-2-7-18-10-13;/h1,3-4,6,8-9,13,18H,2,5,7,10H2,(H,19,23)(H3,17,20,24);1H. The smallest absolute Gasteiger partial charge is 0.316 e. The molecule has 3 amide bonds. The third-order valence-electron chi connectivity index (χ3n) is 3.87. The molecule has 2 heterocycles. The summed E-state index contributed by atoms with van der Waals surface area (Å²) >= 11 is 0. The predicted octanol–water partition coefficient (Wildman–Crippen LogP) is 1.97. The second-order valence-electron chi connectivity index (χ2n) is 5.71. The minimum atomic E-state index is -0.654. The Morgan fingerprint density at radius 3 is 2.68 bits per heavy atom. The minimum Gasteiger partial charge on any atom is -0.351 e. The predicted molar refractivity (Wildman–Crippen MR) is 98.2 cm³/mol. The Balaban J connectivity index is 0.00000225. The molecule has 0 aliphatic carbocycles. The van der Waals surface area contributed by atoms with Crippen LogP contribution in [0.3, 0.4) is 0 Å². The van der Waals surface area contributed by atoms with Gasteiger partial charge in [0.25, 0.3) is 5.91 Å². The van der Waals surface area contributed by atoms with Crippen LogP contribution in [-0.2, 0) is 0 Å². The molecule has 1 aliphatic heterocycles.